The number of thioether (sulfide) groups is 1. The molecule has 5 nitrogen and oxygen atoms in total. The van der Waals surface area contributed by atoms with Crippen molar-refractivity contribution in [1.82, 2.24) is 4.98 Å². The van der Waals surface area contributed by atoms with E-state index in [0.717, 1.165) is 11.4 Å². The molecule has 0 spiro atoms. The number of nitrogens with zero attached hydrogens (tertiary/aromatic N) is 2. The van der Waals surface area contributed by atoms with Crippen LogP contribution in [0.5, 0.6) is 11.5 Å². The number of aliphatic imine (C=N–C) groups is 1. The first-order chi connectivity index (χ1) is 10.2. The van der Waals surface area contributed by atoms with Gasteiger partial charge in [0.1, 0.15) is 17.2 Å². The number of hydrogen-bond donors (Lipinski definition) is 1. The van der Waals surface area contributed by atoms with E-state index in [4.69, 9.17) is 15.2 Å². The molecule has 0 aliphatic rings. The summed E-state index contributed by atoms with van der Waals surface area (Å²) < 4.78 is 10.4. The van der Waals surface area contributed by atoms with E-state index < -0.39 is 0 Å². The predicted molar refractivity (Wildman–Crippen MR) is 101 cm³/mol. The number of benzene rings is 1. The minimum absolute atomic E-state index is 0. The number of nitrogens with two attached hydrogens (primary N) is 1. The van der Waals surface area contributed by atoms with E-state index in [2.05, 4.69) is 9.98 Å². The van der Waals surface area contributed by atoms with E-state index in [-0.39, 0.29) is 24.8 Å². The van der Waals surface area contributed by atoms with Crippen LogP contribution in [-0.2, 0) is 5.75 Å². The highest BCUT2D eigenvalue weighted by Gasteiger charge is 2.03. The highest BCUT2D eigenvalue weighted by Crippen LogP contribution is 2.27. The molecule has 0 aliphatic carbocycles. The second kappa shape index (κ2) is 11.0. The zero-order chi connectivity index (χ0) is 15.1. The molecule has 8 heteroatoms. The monoisotopic (exact) mass is 375 g/mol. The number of methoxy groups -OCH3 is 2. The van der Waals surface area contributed by atoms with Crippen molar-refractivity contribution in [1.29, 1.82) is 0 Å². The van der Waals surface area contributed by atoms with Crippen molar-refractivity contribution in [3.05, 3.63) is 48.3 Å². The minimum Gasteiger partial charge on any atom is -0.497 e. The third-order valence-electron chi connectivity index (χ3n) is 2.71. The lowest BCUT2D eigenvalue weighted by molar-refractivity contribution is 0.413. The molecule has 0 radical (unpaired) electrons. The van der Waals surface area contributed by atoms with Crippen LogP contribution in [0.15, 0.2) is 47.6 Å². The fourth-order valence-electron chi connectivity index (χ4n) is 1.68. The molecule has 23 heavy (non-hydrogen) atoms. The van der Waals surface area contributed by atoms with E-state index in [1.807, 2.05) is 30.3 Å². The van der Waals surface area contributed by atoms with Gasteiger partial charge in [-0.05, 0) is 18.2 Å². The summed E-state index contributed by atoms with van der Waals surface area (Å²) in [6, 6.07) is 11.2. The first-order valence-electron chi connectivity index (χ1n) is 6.32. The Bertz CT molecular complexity index is 642. The van der Waals surface area contributed by atoms with Crippen LogP contribution in [0.2, 0.25) is 0 Å². The van der Waals surface area contributed by atoms with Crippen molar-refractivity contribution in [2.45, 2.75) is 5.75 Å². The van der Waals surface area contributed by atoms with Gasteiger partial charge in [0.2, 0.25) is 0 Å². The zero-order valence-electron chi connectivity index (χ0n) is 12.8. The Morgan fingerprint density at radius 1 is 1.17 bits per heavy atom. The maximum absolute atomic E-state index is 5.95. The van der Waals surface area contributed by atoms with Crippen LogP contribution in [-0.4, -0.2) is 24.4 Å². The zero-order valence-corrected chi connectivity index (χ0v) is 15.2. The molecule has 1 aromatic carbocycles. The molecule has 126 valence electrons. The lowest BCUT2D eigenvalue weighted by Crippen LogP contribution is -2.06. The van der Waals surface area contributed by atoms with Gasteiger partial charge in [-0.1, -0.05) is 23.9 Å². The molecule has 2 N–H and O–H groups in total. The molecule has 0 atom stereocenters. The molecule has 1 heterocycles. The number of hydrogen-bond acceptors (Lipinski definition) is 5. The number of amidine groups is 1. The Balaban J connectivity index is 0.00000242. The summed E-state index contributed by atoms with van der Waals surface area (Å²) >= 11 is 1.42. The number of halogens is 2. The first kappa shape index (κ1) is 21.4. The van der Waals surface area contributed by atoms with Gasteiger partial charge in [0, 0.05) is 18.0 Å². The maximum Gasteiger partial charge on any atom is 0.159 e. The van der Waals surface area contributed by atoms with Crippen LogP contribution in [0.4, 0.5) is 5.69 Å². The molecule has 2 rings (SSSR count). The van der Waals surface area contributed by atoms with Gasteiger partial charge in [-0.25, -0.2) is 4.99 Å². The van der Waals surface area contributed by atoms with Gasteiger partial charge >= 0.3 is 0 Å². The molecular formula is C15H19Cl2N3O2S. The minimum atomic E-state index is 0. The molecule has 0 fully saturated rings. The summed E-state index contributed by atoms with van der Waals surface area (Å²) in [5.74, 6) is 2.10. The van der Waals surface area contributed by atoms with E-state index >= 15 is 0 Å². The standard InChI is InChI=1S/C15H17N3O2S.2ClH/c1-19-12-7-8-17-11(9-12)10-21-15(16)18-13-5-3-4-6-14(13)20-2;;/h3-9H,10H2,1-2H3,(H2,16,18);2*1H. The third kappa shape index (κ3) is 6.56. The van der Waals surface area contributed by atoms with Crippen LogP contribution in [0.25, 0.3) is 0 Å². The third-order valence-corrected chi connectivity index (χ3v) is 3.53. The Labute approximate surface area is 152 Å². The lowest BCUT2D eigenvalue weighted by Gasteiger charge is -2.06. The summed E-state index contributed by atoms with van der Waals surface area (Å²) in [6.45, 7) is 0. The van der Waals surface area contributed by atoms with Gasteiger partial charge in [0.15, 0.2) is 5.17 Å². The van der Waals surface area contributed by atoms with Crippen LogP contribution in [0.1, 0.15) is 5.69 Å². The van der Waals surface area contributed by atoms with Gasteiger partial charge in [0.25, 0.3) is 0 Å². The van der Waals surface area contributed by atoms with Crippen molar-refractivity contribution in [3.63, 3.8) is 0 Å². The van der Waals surface area contributed by atoms with Crippen LogP contribution in [0, 0.1) is 0 Å². The second-order valence-electron chi connectivity index (χ2n) is 4.10. The Morgan fingerprint density at radius 3 is 2.61 bits per heavy atom. The van der Waals surface area contributed by atoms with Crippen LogP contribution < -0.4 is 15.2 Å². The highest BCUT2D eigenvalue weighted by atomic mass is 35.5. The van der Waals surface area contributed by atoms with Crippen molar-refractivity contribution in [2.24, 2.45) is 10.7 Å². The number of rotatable bonds is 5. The first-order valence-corrected chi connectivity index (χ1v) is 7.30. The van der Waals surface area contributed by atoms with Gasteiger partial charge < -0.3 is 15.2 Å². The Morgan fingerprint density at radius 2 is 1.91 bits per heavy atom. The van der Waals surface area contributed by atoms with Crippen molar-refractivity contribution >= 4 is 47.4 Å². The summed E-state index contributed by atoms with van der Waals surface area (Å²) in [4.78, 5) is 8.62. The normalized spacial score (nSPS) is 10.3. The Hall–Kier alpha value is -1.63. The summed E-state index contributed by atoms with van der Waals surface area (Å²) in [5, 5.41) is 0.462. The number of aromatic nitrogens is 1. The summed E-state index contributed by atoms with van der Waals surface area (Å²) in [5.41, 5.74) is 7.54. The fraction of sp³-hybridized carbons (Fsp3) is 0.200. The van der Waals surface area contributed by atoms with E-state index in [1.165, 1.54) is 11.8 Å². The van der Waals surface area contributed by atoms with Crippen molar-refractivity contribution < 1.29 is 9.47 Å². The second-order valence-corrected chi connectivity index (χ2v) is 5.09. The average Bonchev–Trinajstić information content (AvgIpc) is 2.53. The SMILES string of the molecule is COc1ccnc(CSC(N)=Nc2ccccc2OC)c1.Cl.Cl. The molecule has 2 aromatic rings. The predicted octanol–water partition coefficient (Wildman–Crippen LogP) is 3.82. The van der Waals surface area contributed by atoms with Gasteiger partial charge in [0.05, 0.1) is 19.9 Å². The van der Waals surface area contributed by atoms with E-state index in [1.54, 1.807) is 26.5 Å². The largest absolute Gasteiger partial charge is 0.497 e. The average molecular weight is 376 g/mol. The van der Waals surface area contributed by atoms with E-state index in [0.29, 0.717) is 22.4 Å². The quantitative estimate of drug-likeness (QED) is 0.635. The number of pyridine rings is 1. The molecule has 0 unspecified atom stereocenters. The molecule has 0 bridgehead atoms. The molecule has 1 aromatic heterocycles. The number of ether oxygens (including phenoxy) is 2. The summed E-state index contributed by atoms with van der Waals surface area (Å²) in [7, 11) is 3.24. The fourth-order valence-corrected chi connectivity index (χ4v) is 2.30. The summed E-state index contributed by atoms with van der Waals surface area (Å²) in [6.07, 6.45) is 1.71. The van der Waals surface area contributed by atoms with Crippen molar-refractivity contribution in [2.75, 3.05) is 14.2 Å². The smallest absolute Gasteiger partial charge is 0.159 e. The van der Waals surface area contributed by atoms with Crippen molar-refractivity contribution in [3.8, 4) is 11.5 Å². The van der Waals surface area contributed by atoms with Gasteiger partial charge in [-0.2, -0.15) is 0 Å². The van der Waals surface area contributed by atoms with Crippen LogP contribution >= 0.6 is 36.6 Å². The molecular weight excluding hydrogens is 357 g/mol. The van der Waals surface area contributed by atoms with Gasteiger partial charge in [-0.3, -0.25) is 4.98 Å². The molecule has 0 saturated heterocycles. The molecule has 0 saturated carbocycles. The van der Waals surface area contributed by atoms with Gasteiger partial charge in [-0.15, -0.1) is 24.8 Å². The molecule has 0 aliphatic heterocycles. The Kier molecular flexibility index (Phi) is 10.2. The maximum atomic E-state index is 5.95. The highest BCUT2D eigenvalue weighted by molar-refractivity contribution is 8.13. The van der Waals surface area contributed by atoms with Crippen LogP contribution in [0.3, 0.4) is 0 Å². The lowest BCUT2D eigenvalue weighted by atomic mass is 10.3. The number of para-hydroxylation sites is 2. The molecule has 0 amide bonds. The van der Waals surface area contributed by atoms with E-state index in [9.17, 15) is 0 Å². The topological polar surface area (TPSA) is 69.7 Å².